The van der Waals surface area contributed by atoms with Crippen molar-refractivity contribution < 1.29 is 18.4 Å². The molecule has 0 heterocycles. The highest BCUT2D eigenvalue weighted by Gasteiger charge is 2.50. The van der Waals surface area contributed by atoms with Gasteiger partial charge in [0.1, 0.15) is 0 Å². The molecule has 6 heteroatoms. The Morgan fingerprint density at radius 1 is 0.857 bits per heavy atom. The Morgan fingerprint density at radius 3 is 1.74 bits per heavy atom. The Hall–Kier alpha value is -2.00. The van der Waals surface area contributed by atoms with E-state index in [-0.39, 0.29) is 22.1 Å². The van der Waals surface area contributed by atoms with Gasteiger partial charge in [0.25, 0.3) is 8.32 Å². The first-order valence-corrected chi connectivity index (χ1v) is 17.3. The topological polar surface area (TPSA) is 44.8 Å². The lowest BCUT2D eigenvalue weighted by Gasteiger charge is -2.44. The van der Waals surface area contributed by atoms with E-state index < -0.39 is 16.6 Å². The molecule has 2 rings (SSSR count). The fraction of sp³-hybridized carbons (Fsp3) is 0.483. The predicted octanol–water partition coefficient (Wildman–Crippen LogP) is 6.07. The molecule has 0 bridgehead atoms. The van der Waals surface area contributed by atoms with Crippen molar-refractivity contribution in [2.75, 3.05) is 13.2 Å². The molecule has 0 saturated heterocycles. The summed E-state index contributed by atoms with van der Waals surface area (Å²) in [7, 11) is -4.85. The maximum absolute atomic E-state index is 12.1. The van der Waals surface area contributed by atoms with Gasteiger partial charge in [-0.15, -0.1) is 0 Å². The zero-order valence-corrected chi connectivity index (χ0v) is 25.1. The molecule has 0 amide bonds. The molecule has 0 aliphatic rings. The molecule has 0 unspecified atom stereocenters. The van der Waals surface area contributed by atoms with Crippen LogP contribution in [0.25, 0.3) is 0 Å². The number of benzene rings is 2. The third-order valence-corrected chi connectivity index (χ3v) is 16.4. The highest BCUT2D eigenvalue weighted by atomic mass is 28.4. The van der Waals surface area contributed by atoms with Crippen LogP contribution in [0.1, 0.15) is 48.5 Å². The highest BCUT2D eigenvalue weighted by molar-refractivity contribution is 6.99. The largest absolute Gasteiger partial charge is 0.463 e. The summed E-state index contributed by atoms with van der Waals surface area (Å²) in [6, 6.07) is 21.2. The van der Waals surface area contributed by atoms with Gasteiger partial charge in [-0.05, 0) is 46.5 Å². The van der Waals surface area contributed by atoms with Gasteiger partial charge < -0.3 is 13.6 Å². The van der Waals surface area contributed by atoms with Crippen molar-refractivity contribution in [3.05, 3.63) is 72.8 Å². The van der Waals surface area contributed by atoms with Crippen LogP contribution in [0.2, 0.25) is 23.2 Å². The molecule has 0 radical (unpaired) electrons. The number of carbonyl (C=O) groups is 1. The Morgan fingerprint density at radius 2 is 1.34 bits per heavy atom. The van der Waals surface area contributed by atoms with Gasteiger partial charge >= 0.3 is 5.97 Å². The van der Waals surface area contributed by atoms with Gasteiger partial charge in [0.15, 0.2) is 8.32 Å². The molecule has 2 aromatic rings. The summed E-state index contributed by atoms with van der Waals surface area (Å²) >= 11 is 0. The maximum Gasteiger partial charge on any atom is 0.330 e. The van der Waals surface area contributed by atoms with E-state index in [1.807, 2.05) is 25.1 Å². The van der Waals surface area contributed by atoms with Crippen LogP contribution in [0.3, 0.4) is 0 Å². The average molecular weight is 513 g/mol. The van der Waals surface area contributed by atoms with Crippen molar-refractivity contribution >= 4 is 33.0 Å². The number of rotatable bonds is 10. The minimum Gasteiger partial charge on any atom is -0.463 e. The first-order chi connectivity index (χ1) is 16.2. The van der Waals surface area contributed by atoms with Crippen LogP contribution < -0.4 is 10.4 Å². The maximum atomic E-state index is 12.1. The molecule has 0 aliphatic carbocycles. The standard InChI is InChI=1S/C29H44O4Si2/c1-10-31-27(30)22-21-24(33-34(8,9)28(2,3)4)23-32-35(29(5,6)7,25-17-13-11-14-18-25)26-19-15-12-16-20-26/h11-22,24H,10,23H2,1-9H3/b22-21+/t24-/m0/s1. The van der Waals surface area contributed by atoms with E-state index in [4.69, 9.17) is 13.6 Å². The van der Waals surface area contributed by atoms with Crippen LogP contribution in [-0.2, 0) is 18.4 Å². The van der Waals surface area contributed by atoms with Crippen molar-refractivity contribution in [1.29, 1.82) is 0 Å². The molecule has 0 aromatic heterocycles. The van der Waals surface area contributed by atoms with E-state index in [1.165, 1.54) is 16.4 Å². The molecule has 2 aromatic carbocycles. The first-order valence-electron chi connectivity index (χ1n) is 12.5. The molecule has 4 nitrogen and oxygen atoms in total. The van der Waals surface area contributed by atoms with Crippen molar-refractivity contribution in [1.82, 2.24) is 0 Å². The highest BCUT2D eigenvalue weighted by Crippen LogP contribution is 2.39. The fourth-order valence-corrected chi connectivity index (χ4v) is 9.86. The molecular weight excluding hydrogens is 468 g/mol. The van der Waals surface area contributed by atoms with Crippen LogP contribution in [0.4, 0.5) is 0 Å². The summed E-state index contributed by atoms with van der Waals surface area (Å²) in [5.41, 5.74) is 0. The average Bonchev–Trinajstić information content (AvgIpc) is 2.77. The van der Waals surface area contributed by atoms with E-state index in [0.717, 1.165) is 0 Å². The monoisotopic (exact) mass is 512 g/mol. The lowest BCUT2D eigenvalue weighted by molar-refractivity contribution is -0.137. The summed E-state index contributed by atoms with van der Waals surface area (Å²) in [6.45, 7) is 20.4. The second-order valence-electron chi connectivity index (χ2n) is 11.5. The SMILES string of the molecule is CCOC(=O)/C=C/[C@@H](CO[Si](c1ccccc1)(c1ccccc1)C(C)(C)C)O[Si](C)(C)C(C)(C)C. The van der Waals surface area contributed by atoms with Crippen molar-refractivity contribution in [3.63, 3.8) is 0 Å². The van der Waals surface area contributed by atoms with Crippen molar-refractivity contribution in [3.8, 4) is 0 Å². The van der Waals surface area contributed by atoms with E-state index in [2.05, 4.69) is 103 Å². The summed E-state index contributed by atoms with van der Waals surface area (Å²) in [6.07, 6.45) is 2.94. The smallest absolute Gasteiger partial charge is 0.330 e. The van der Waals surface area contributed by atoms with Gasteiger partial charge in [0, 0.05) is 6.08 Å². The number of ether oxygens (including phenoxy) is 1. The van der Waals surface area contributed by atoms with E-state index in [9.17, 15) is 4.79 Å². The fourth-order valence-electron chi connectivity index (χ4n) is 4.03. The van der Waals surface area contributed by atoms with E-state index >= 15 is 0 Å². The molecule has 0 spiro atoms. The Bertz CT molecular complexity index is 918. The third-order valence-electron chi connectivity index (χ3n) is 6.87. The zero-order chi connectivity index (χ0) is 26.3. The molecule has 35 heavy (non-hydrogen) atoms. The van der Waals surface area contributed by atoms with Gasteiger partial charge in [-0.3, -0.25) is 0 Å². The second-order valence-corrected chi connectivity index (χ2v) is 20.6. The minimum absolute atomic E-state index is 0.0282. The number of hydrogen-bond donors (Lipinski definition) is 0. The molecule has 0 fully saturated rings. The number of esters is 1. The minimum atomic E-state index is -2.72. The number of hydrogen-bond acceptors (Lipinski definition) is 4. The van der Waals surface area contributed by atoms with Crippen LogP contribution in [0.15, 0.2) is 72.8 Å². The van der Waals surface area contributed by atoms with E-state index in [0.29, 0.717) is 13.2 Å². The molecular formula is C29H44O4Si2. The Balaban J connectivity index is 2.53. The summed E-state index contributed by atoms with van der Waals surface area (Å²) in [5.74, 6) is -0.359. The van der Waals surface area contributed by atoms with E-state index in [1.54, 1.807) is 0 Å². The first kappa shape index (κ1) is 29.2. The molecule has 0 saturated carbocycles. The number of carbonyl (C=O) groups excluding carboxylic acids is 1. The van der Waals surface area contributed by atoms with Crippen molar-refractivity contribution in [2.24, 2.45) is 0 Å². The summed E-state index contributed by atoms with van der Waals surface area (Å²) < 4.78 is 19.0. The van der Waals surface area contributed by atoms with Gasteiger partial charge in [0.2, 0.25) is 0 Å². The summed E-state index contributed by atoms with van der Waals surface area (Å²) in [5, 5.41) is 2.33. The quantitative estimate of drug-likeness (QED) is 0.220. The van der Waals surface area contributed by atoms with Crippen LogP contribution in [0.5, 0.6) is 0 Å². The third kappa shape index (κ3) is 7.26. The van der Waals surface area contributed by atoms with Gasteiger partial charge in [0.05, 0.1) is 19.3 Å². The molecule has 1 atom stereocenters. The Labute approximate surface area is 215 Å². The zero-order valence-electron chi connectivity index (χ0n) is 23.1. The van der Waals surface area contributed by atoms with Gasteiger partial charge in [-0.25, -0.2) is 4.79 Å². The molecule has 0 aliphatic heterocycles. The van der Waals surface area contributed by atoms with Crippen LogP contribution in [-0.4, -0.2) is 41.9 Å². The second kappa shape index (κ2) is 11.8. The normalized spacial score (nSPS) is 14.2. The van der Waals surface area contributed by atoms with Gasteiger partial charge in [-0.2, -0.15) is 0 Å². The molecule has 0 N–H and O–H groups in total. The summed E-state index contributed by atoms with van der Waals surface area (Å²) in [4.78, 5) is 12.1. The lowest BCUT2D eigenvalue weighted by Crippen LogP contribution is -2.67. The van der Waals surface area contributed by atoms with Crippen LogP contribution in [0, 0.1) is 0 Å². The van der Waals surface area contributed by atoms with Gasteiger partial charge in [-0.1, -0.05) is 102 Å². The predicted molar refractivity (Wildman–Crippen MR) is 151 cm³/mol. The lowest BCUT2D eigenvalue weighted by atomic mass is 10.2. The van der Waals surface area contributed by atoms with Crippen LogP contribution >= 0.6 is 0 Å². The Kier molecular flexibility index (Phi) is 9.88. The molecule has 192 valence electrons. The van der Waals surface area contributed by atoms with Crippen molar-refractivity contribution in [2.45, 2.75) is 77.7 Å².